The summed E-state index contributed by atoms with van der Waals surface area (Å²) in [6.07, 6.45) is 2.46. The first-order valence-electron chi connectivity index (χ1n) is 4.84. The molecule has 0 aliphatic carbocycles. The zero-order chi connectivity index (χ0) is 10.8. The fourth-order valence-corrected chi connectivity index (χ4v) is 1.42. The lowest BCUT2D eigenvalue weighted by Crippen LogP contribution is -2.16. The van der Waals surface area contributed by atoms with Crippen LogP contribution < -0.4 is 0 Å². The molecule has 0 aromatic carbocycles. The highest BCUT2D eigenvalue weighted by molar-refractivity contribution is 5.40. The van der Waals surface area contributed by atoms with Gasteiger partial charge in [-0.3, -0.25) is 4.40 Å². The Kier molecular flexibility index (Phi) is 2.55. The molecule has 2 aromatic rings. The summed E-state index contributed by atoms with van der Waals surface area (Å²) < 4.78 is 1.82. The second-order valence-electron chi connectivity index (χ2n) is 3.79. The van der Waals surface area contributed by atoms with E-state index in [0.29, 0.717) is 0 Å². The SMILES string of the molecule is CN(C)CCc1nnc2ccc(O)cn12. The number of rotatable bonds is 3. The second-order valence-corrected chi connectivity index (χ2v) is 3.79. The van der Waals surface area contributed by atoms with Crippen LogP contribution in [0.25, 0.3) is 5.65 Å². The molecule has 2 rings (SSSR count). The summed E-state index contributed by atoms with van der Waals surface area (Å²) in [5.41, 5.74) is 0.765. The molecule has 0 radical (unpaired) electrons. The number of hydrogen-bond donors (Lipinski definition) is 1. The van der Waals surface area contributed by atoms with Gasteiger partial charge in [0, 0.05) is 13.0 Å². The Morgan fingerprint density at radius 1 is 1.33 bits per heavy atom. The van der Waals surface area contributed by atoms with Crippen molar-refractivity contribution in [1.29, 1.82) is 0 Å². The molecule has 5 nitrogen and oxygen atoms in total. The Labute approximate surface area is 88.0 Å². The molecule has 80 valence electrons. The number of hydrogen-bond acceptors (Lipinski definition) is 4. The first kappa shape index (κ1) is 9.92. The Bertz CT molecular complexity index is 463. The van der Waals surface area contributed by atoms with Gasteiger partial charge in [-0.05, 0) is 26.2 Å². The van der Waals surface area contributed by atoms with Gasteiger partial charge in [-0.1, -0.05) is 0 Å². The highest BCUT2D eigenvalue weighted by atomic mass is 16.3. The first-order chi connectivity index (χ1) is 7.16. The van der Waals surface area contributed by atoms with E-state index in [1.807, 2.05) is 18.5 Å². The van der Waals surface area contributed by atoms with Crippen LogP contribution in [0.1, 0.15) is 5.82 Å². The van der Waals surface area contributed by atoms with Crippen LogP contribution in [-0.4, -0.2) is 45.2 Å². The minimum Gasteiger partial charge on any atom is -0.506 e. The Balaban J connectivity index is 2.31. The molecule has 1 N–H and O–H groups in total. The number of fused-ring (bicyclic) bond motifs is 1. The molecule has 0 saturated heterocycles. The van der Waals surface area contributed by atoms with Crippen LogP contribution in [0.15, 0.2) is 18.3 Å². The Morgan fingerprint density at radius 2 is 2.13 bits per heavy atom. The second kappa shape index (κ2) is 3.86. The van der Waals surface area contributed by atoms with Gasteiger partial charge >= 0.3 is 0 Å². The lowest BCUT2D eigenvalue weighted by molar-refractivity contribution is 0.408. The molecule has 0 bridgehead atoms. The average Bonchev–Trinajstić information content (AvgIpc) is 2.57. The highest BCUT2D eigenvalue weighted by Gasteiger charge is 2.05. The molecular weight excluding hydrogens is 192 g/mol. The minimum atomic E-state index is 0.230. The lowest BCUT2D eigenvalue weighted by Gasteiger charge is -2.07. The van der Waals surface area contributed by atoms with Gasteiger partial charge in [0.15, 0.2) is 5.65 Å². The standard InChI is InChI=1S/C10H14N4O/c1-13(2)6-5-10-12-11-9-4-3-8(15)7-14(9)10/h3-4,7,15H,5-6H2,1-2H3. The molecule has 0 aliphatic rings. The summed E-state index contributed by atoms with van der Waals surface area (Å²) in [6, 6.07) is 3.36. The number of pyridine rings is 1. The van der Waals surface area contributed by atoms with E-state index in [1.54, 1.807) is 18.3 Å². The fraction of sp³-hybridized carbons (Fsp3) is 0.400. The molecule has 5 heteroatoms. The van der Waals surface area contributed by atoms with Crippen molar-refractivity contribution in [2.45, 2.75) is 6.42 Å². The zero-order valence-corrected chi connectivity index (χ0v) is 8.88. The van der Waals surface area contributed by atoms with Gasteiger partial charge in [-0.15, -0.1) is 10.2 Å². The van der Waals surface area contributed by atoms with Gasteiger partial charge in [0.05, 0.1) is 6.20 Å². The van der Waals surface area contributed by atoms with Crippen molar-refractivity contribution in [3.63, 3.8) is 0 Å². The van der Waals surface area contributed by atoms with Gasteiger partial charge < -0.3 is 10.0 Å². The predicted octanol–water partition coefficient (Wildman–Crippen LogP) is 0.539. The van der Waals surface area contributed by atoms with E-state index in [0.717, 1.165) is 24.4 Å². The third-order valence-corrected chi connectivity index (χ3v) is 2.24. The molecule has 0 spiro atoms. The van der Waals surface area contributed by atoms with E-state index >= 15 is 0 Å². The summed E-state index contributed by atoms with van der Waals surface area (Å²) in [5.74, 6) is 1.10. The molecule has 2 heterocycles. The fourth-order valence-electron chi connectivity index (χ4n) is 1.42. The van der Waals surface area contributed by atoms with Crippen LogP contribution in [0.5, 0.6) is 5.75 Å². The molecule has 0 aliphatic heterocycles. The van der Waals surface area contributed by atoms with Crippen molar-refractivity contribution in [2.24, 2.45) is 0 Å². The third kappa shape index (κ3) is 2.07. The zero-order valence-electron chi connectivity index (χ0n) is 8.88. The molecule has 15 heavy (non-hydrogen) atoms. The van der Waals surface area contributed by atoms with Crippen molar-refractivity contribution >= 4 is 5.65 Å². The molecule has 0 unspecified atom stereocenters. The van der Waals surface area contributed by atoms with E-state index in [1.165, 1.54) is 0 Å². The van der Waals surface area contributed by atoms with E-state index < -0.39 is 0 Å². The maximum Gasteiger partial charge on any atom is 0.161 e. The van der Waals surface area contributed by atoms with Crippen LogP contribution in [0.4, 0.5) is 0 Å². The monoisotopic (exact) mass is 206 g/mol. The van der Waals surface area contributed by atoms with Crippen LogP contribution in [-0.2, 0) is 6.42 Å². The maximum atomic E-state index is 9.36. The minimum absolute atomic E-state index is 0.230. The third-order valence-electron chi connectivity index (χ3n) is 2.24. The van der Waals surface area contributed by atoms with Crippen LogP contribution in [0.3, 0.4) is 0 Å². The number of aromatic nitrogens is 3. The van der Waals surface area contributed by atoms with Gasteiger partial charge in [0.2, 0.25) is 0 Å². The summed E-state index contributed by atoms with van der Waals surface area (Å²) >= 11 is 0. The lowest BCUT2D eigenvalue weighted by atomic mass is 10.3. The van der Waals surface area contributed by atoms with E-state index in [2.05, 4.69) is 15.1 Å². The largest absolute Gasteiger partial charge is 0.506 e. The van der Waals surface area contributed by atoms with E-state index in [-0.39, 0.29) is 5.75 Å². The molecule has 0 atom stereocenters. The molecule has 2 aromatic heterocycles. The summed E-state index contributed by atoms with van der Waals surface area (Å²) in [6.45, 7) is 0.913. The van der Waals surface area contributed by atoms with Crippen molar-refractivity contribution in [2.75, 3.05) is 20.6 Å². The predicted molar refractivity (Wildman–Crippen MR) is 56.9 cm³/mol. The first-order valence-corrected chi connectivity index (χ1v) is 4.84. The summed E-state index contributed by atoms with van der Waals surface area (Å²) in [7, 11) is 4.03. The van der Waals surface area contributed by atoms with Crippen molar-refractivity contribution in [3.05, 3.63) is 24.2 Å². The molecular formula is C10H14N4O. The Morgan fingerprint density at radius 3 is 2.87 bits per heavy atom. The quantitative estimate of drug-likeness (QED) is 0.796. The smallest absolute Gasteiger partial charge is 0.161 e. The average molecular weight is 206 g/mol. The van der Waals surface area contributed by atoms with Gasteiger partial charge in [0.25, 0.3) is 0 Å². The summed E-state index contributed by atoms with van der Waals surface area (Å²) in [5, 5.41) is 17.5. The summed E-state index contributed by atoms with van der Waals surface area (Å²) in [4.78, 5) is 2.09. The number of aromatic hydroxyl groups is 1. The molecule has 0 saturated carbocycles. The Hall–Kier alpha value is -1.62. The van der Waals surface area contributed by atoms with Gasteiger partial charge in [0.1, 0.15) is 11.6 Å². The van der Waals surface area contributed by atoms with E-state index in [4.69, 9.17) is 0 Å². The van der Waals surface area contributed by atoms with Crippen molar-refractivity contribution in [3.8, 4) is 5.75 Å². The maximum absolute atomic E-state index is 9.36. The van der Waals surface area contributed by atoms with Crippen LogP contribution >= 0.6 is 0 Å². The van der Waals surface area contributed by atoms with Gasteiger partial charge in [-0.2, -0.15) is 0 Å². The molecule has 0 fully saturated rings. The van der Waals surface area contributed by atoms with Crippen LogP contribution in [0.2, 0.25) is 0 Å². The highest BCUT2D eigenvalue weighted by Crippen LogP contribution is 2.11. The van der Waals surface area contributed by atoms with Gasteiger partial charge in [-0.25, -0.2) is 0 Å². The normalized spacial score (nSPS) is 11.4. The van der Waals surface area contributed by atoms with Crippen LogP contribution in [0, 0.1) is 0 Å². The van der Waals surface area contributed by atoms with Crippen molar-refractivity contribution in [1.82, 2.24) is 19.5 Å². The topological polar surface area (TPSA) is 53.7 Å². The number of nitrogens with zero attached hydrogens (tertiary/aromatic N) is 4. The molecule has 0 amide bonds. The van der Waals surface area contributed by atoms with E-state index in [9.17, 15) is 5.11 Å². The van der Waals surface area contributed by atoms with Crippen molar-refractivity contribution < 1.29 is 5.11 Å². The number of likely N-dealkylation sites (N-methyl/N-ethyl adjacent to an activating group) is 1.